The molecule has 31 heavy (non-hydrogen) atoms. The maximum absolute atomic E-state index is 11.6. The van der Waals surface area contributed by atoms with E-state index in [1.807, 2.05) is 43.3 Å². The number of carbonyl (C=O) groups excluding carboxylic acids is 1. The van der Waals surface area contributed by atoms with Crippen molar-refractivity contribution in [1.82, 2.24) is 9.88 Å². The SMILES string of the molecule is Cc1cccc(N=NCc2cc(N3CCOCC3)cc(OCCN3CCOC3=O)n2)c1. The molecule has 1 aromatic carbocycles. The molecule has 2 aliphatic rings. The van der Waals surface area contributed by atoms with Crippen LogP contribution in [0.5, 0.6) is 5.88 Å². The number of morpholine rings is 1. The summed E-state index contributed by atoms with van der Waals surface area (Å²) in [5, 5.41) is 8.64. The van der Waals surface area contributed by atoms with Crippen LogP contribution < -0.4 is 9.64 Å². The van der Waals surface area contributed by atoms with Crippen molar-refractivity contribution >= 4 is 17.5 Å². The van der Waals surface area contributed by atoms with Crippen LogP contribution in [0.3, 0.4) is 0 Å². The molecule has 0 atom stereocenters. The van der Waals surface area contributed by atoms with Crippen molar-refractivity contribution in [3.8, 4) is 5.88 Å². The van der Waals surface area contributed by atoms with Gasteiger partial charge in [-0.1, -0.05) is 12.1 Å². The highest BCUT2D eigenvalue weighted by Crippen LogP contribution is 2.23. The van der Waals surface area contributed by atoms with Crippen molar-refractivity contribution in [2.45, 2.75) is 13.5 Å². The molecule has 0 unspecified atom stereocenters. The number of pyridine rings is 1. The summed E-state index contributed by atoms with van der Waals surface area (Å²) in [5.74, 6) is 0.511. The predicted octanol–water partition coefficient (Wildman–Crippen LogP) is 3.34. The van der Waals surface area contributed by atoms with Gasteiger partial charge in [-0.3, -0.25) is 0 Å². The topological polar surface area (TPSA) is 88.9 Å². The molecule has 2 aromatic rings. The van der Waals surface area contributed by atoms with Crippen molar-refractivity contribution in [3.63, 3.8) is 0 Å². The fraction of sp³-hybridized carbons (Fsp3) is 0.455. The Bertz CT molecular complexity index is 930. The second-order valence-corrected chi connectivity index (χ2v) is 7.44. The normalized spacial score (nSPS) is 16.7. The van der Waals surface area contributed by atoms with E-state index in [9.17, 15) is 4.79 Å². The number of cyclic esters (lactones) is 1. The van der Waals surface area contributed by atoms with E-state index in [2.05, 4.69) is 20.1 Å². The Morgan fingerprint density at radius 2 is 2.00 bits per heavy atom. The van der Waals surface area contributed by atoms with E-state index in [-0.39, 0.29) is 6.09 Å². The van der Waals surface area contributed by atoms with Gasteiger partial charge in [-0.15, -0.1) is 0 Å². The highest BCUT2D eigenvalue weighted by molar-refractivity contribution is 5.69. The fourth-order valence-corrected chi connectivity index (χ4v) is 3.47. The molecular formula is C22H27N5O4. The van der Waals surface area contributed by atoms with E-state index < -0.39 is 0 Å². The summed E-state index contributed by atoms with van der Waals surface area (Å²) in [6.45, 7) is 7.21. The second kappa shape index (κ2) is 10.2. The quantitative estimate of drug-likeness (QED) is 0.603. The van der Waals surface area contributed by atoms with Crippen LogP contribution >= 0.6 is 0 Å². The molecule has 0 spiro atoms. The number of azo groups is 1. The van der Waals surface area contributed by atoms with Gasteiger partial charge < -0.3 is 24.0 Å². The summed E-state index contributed by atoms with van der Waals surface area (Å²) in [6, 6.07) is 11.8. The van der Waals surface area contributed by atoms with Crippen molar-refractivity contribution in [2.24, 2.45) is 10.2 Å². The van der Waals surface area contributed by atoms with E-state index in [1.54, 1.807) is 4.90 Å². The Labute approximate surface area is 181 Å². The number of aromatic nitrogens is 1. The lowest BCUT2D eigenvalue weighted by Crippen LogP contribution is -2.36. The highest BCUT2D eigenvalue weighted by atomic mass is 16.6. The zero-order valence-corrected chi connectivity index (χ0v) is 17.7. The molecule has 1 amide bonds. The first-order valence-corrected chi connectivity index (χ1v) is 10.5. The lowest BCUT2D eigenvalue weighted by molar-refractivity contribution is 0.122. The smallest absolute Gasteiger partial charge is 0.410 e. The number of aryl methyl sites for hydroxylation is 1. The Balaban J connectivity index is 1.45. The molecule has 0 radical (unpaired) electrons. The maximum Gasteiger partial charge on any atom is 0.410 e. The van der Waals surface area contributed by atoms with Crippen molar-refractivity contribution < 1.29 is 19.0 Å². The van der Waals surface area contributed by atoms with Gasteiger partial charge in [0.1, 0.15) is 19.8 Å². The number of ether oxygens (including phenoxy) is 3. The number of hydrogen-bond acceptors (Lipinski definition) is 8. The van der Waals surface area contributed by atoms with Crippen LogP contribution in [0.25, 0.3) is 0 Å². The summed E-state index contributed by atoms with van der Waals surface area (Å²) < 4.78 is 16.3. The largest absolute Gasteiger partial charge is 0.476 e. The molecule has 0 bridgehead atoms. The second-order valence-electron chi connectivity index (χ2n) is 7.44. The molecule has 0 N–H and O–H groups in total. The summed E-state index contributed by atoms with van der Waals surface area (Å²) >= 11 is 0. The first-order chi connectivity index (χ1) is 15.2. The van der Waals surface area contributed by atoms with Crippen LogP contribution in [0.4, 0.5) is 16.2 Å². The molecule has 164 valence electrons. The summed E-state index contributed by atoms with van der Waals surface area (Å²) in [5.41, 5.74) is 3.75. The van der Waals surface area contributed by atoms with Gasteiger partial charge >= 0.3 is 6.09 Å². The highest BCUT2D eigenvalue weighted by Gasteiger charge is 2.21. The first-order valence-electron chi connectivity index (χ1n) is 10.5. The third-order valence-electron chi connectivity index (χ3n) is 5.09. The van der Waals surface area contributed by atoms with Crippen LogP contribution in [-0.4, -0.2) is 68.6 Å². The Morgan fingerprint density at radius 1 is 1.13 bits per heavy atom. The molecule has 0 saturated carbocycles. The van der Waals surface area contributed by atoms with E-state index in [4.69, 9.17) is 14.2 Å². The average Bonchev–Trinajstić information content (AvgIpc) is 3.19. The van der Waals surface area contributed by atoms with Gasteiger partial charge in [-0.05, 0) is 30.7 Å². The molecule has 9 nitrogen and oxygen atoms in total. The van der Waals surface area contributed by atoms with E-state index >= 15 is 0 Å². The van der Waals surface area contributed by atoms with Gasteiger partial charge in [-0.25, -0.2) is 9.78 Å². The number of nitrogens with zero attached hydrogens (tertiary/aromatic N) is 5. The molecular weight excluding hydrogens is 398 g/mol. The molecule has 0 aliphatic carbocycles. The summed E-state index contributed by atoms with van der Waals surface area (Å²) in [6.07, 6.45) is -0.295. The molecule has 3 heterocycles. The fourth-order valence-electron chi connectivity index (χ4n) is 3.47. The lowest BCUT2D eigenvalue weighted by atomic mass is 10.2. The minimum Gasteiger partial charge on any atom is -0.476 e. The zero-order valence-electron chi connectivity index (χ0n) is 17.7. The van der Waals surface area contributed by atoms with Gasteiger partial charge in [0.15, 0.2) is 0 Å². The van der Waals surface area contributed by atoms with E-state index in [0.717, 1.165) is 35.7 Å². The number of rotatable bonds is 8. The van der Waals surface area contributed by atoms with Crippen molar-refractivity contribution in [3.05, 3.63) is 47.7 Å². The van der Waals surface area contributed by atoms with Crippen LogP contribution in [0.2, 0.25) is 0 Å². The number of benzene rings is 1. The lowest BCUT2D eigenvalue weighted by Gasteiger charge is -2.29. The Morgan fingerprint density at radius 3 is 2.77 bits per heavy atom. The van der Waals surface area contributed by atoms with Crippen molar-refractivity contribution in [2.75, 3.05) is 57.5 Å². The molecule has 1 aromatic heterocycles. The van der Waals surface area contributed by atoms with Gasteiger partial charge in [0.25, 0.3) is 0 Å². The Hall–Kier alpha value is -3.20. The number of hydrogen-bond donors (Lipinski definition) is 0. The molecule has 2 fully saturated rings. The van der Waals surface area contributed by atoms with E-state index in [0.29, 0.717) is 51.9 Å². The monoisotopic (exact) mass is 425 g/mol. The van der Waals surface area contributed by atoms with Crippen LogP contribution in [0, 0.1) is 6.92 Å². The van der Waals surface area contributed by atoms with Crippen LogP contribution in [0.15, 0.2) is 46.6 Å². The Kier molecular flexibility index (Phi) is 6.93. The van der Waals surface area contributed by atoms with Gasteiger partial charge in [0.05, 0.1) is 37.7 Å². The zero-order chi connectivity index (χ0) is 21.5. The molecule has 9 heteroatoms. The first kappa shape index (κ1) is 21.0. The van der Waals surface area contributed by atoms with Crippen LogP contribution in [-0.2, 0) is 16.0 Å². The van der Waals surface area contributed by atoms with Crippen LogP contribution in [0.1, 0.15) is 11.3 Å². The number of carbonyl (C=O) groups is 1. The average molecular weight is 425 g/mol. The number of amides is 1. The summed E-state index contributed by atoms with van der Waals surface area (Å²) in [4.78, 5) is 20.0. The predicted molar refractivity (Wildman–Crippen MR) is 115 cm³/mol. The molecule has 4 rings (SSSR count). The standard InChI is InChI=1S/C22H27N5O4/c1-17-3-2-4-18(13-17)25-23-16-19-14-20(26-5-9-29-10-6-26)15-21(24-19)30-11-7-27-8-12-31-22(27)28/h2-4,13-15H,5-12,16H2,1H3. The molecule has 2 saturated heterocycles. The summed E-state index contributed by atoms with van der Waals surface area (Å²) in [7, 11) is 0. The minimum atomic E-state index is -0.295. The van der Waals surface area contributed by atoms with E-state index in [1.165, 1.54) is 0 Å². The minimum absolute atomic E-state index is 0.295. The third kappa shape index (κ3) is 5.91. The van der Waals surface area contributed by atoms with Crippen molar-refractivity contribution in [1.29, 1.82) is 0 Å². The number of anilines is 1. The van der Waals surface area contributed by atoms with Gasteiger partial charge in [0.2, 0.25) is 5.88 Å². The third-order valence-corrected chi connectivity index (χ3v) is 5.09. The molecule has 2 aliphatic heterocycles. The van der Waals surface area contributed by atoms with Gasteiger partial charge in [-0.2, -0.15) is 10.2 Å². The maximum atomic E-state index is 11.6. The van der Waals surface area contributed by atoms with Gasteiger partial charge in [0, 0.05) is 24.8 Å².